The number of anilines is 1. The van der Waals surface area contributed by atoms with Crippen molar-refractivity contribution in [3.63, 3.8) is 0 Å². The van der Waals surface area contributed by atoms with Crippen LogP contribution in [0.2, 0.25) is 0 Å². The zero-order chi connectivity index (χ0) is 28.6. The average Bonchev–Trinajstić information content (AvgIpc) is 3.20. The summed E-state index contributed by atoms with van der Waals surface area (Å²) in [6.45, 7) is 12.8. The van der Waals surface area contributed by atoms with Gasteiger partial charge in [-0.3, -0.25) is 0 Å². The van der Waals surface area contributed by atoms with E-state index in [0.29, 0.717) is 0 Å². The second kappa shape index (κ2) is 10.9. The van der Waals surface area contributed by atoms with Crippen molar-refractivity contribution in [2.75, 3.05) is 18.5 Å². The van der Waals surface area contributed by atoms with Crippen molar-refractivity contribution < 1.29 is 33.5 Å². The first-order valence-electron chi connectivity index (χ1n) is 13.3. The van der Waals surface area contributed by atoms with Crippen LogP contribution in [0.15, 0.2) is 84.6 Å². The van der Waals surface area contributed by atoms with Crippen LogP contribution in [-0.2, 0) is 10.8 Å². The van der Waals surface area contributed by atoms with Crippen molar-refractivity contribution in [1.29, 1.82) is 0 Å². The minimum atomic E-state index is -4.94. The van der Waals surface area contributed by atoms with Crippen molar-refractivity contribution in [2.24, 2.45) is 0 Å². The van der Waals surface area contributed by atoms with E-state index >= 15 is 0 Å². The number of hydrogen-bond donors (Lipinski definition) is 0. The molecule has 5 rings (SSSR count). The predicted molar refractivity (Wildman–Crippen MR) is 147 cm³/mol. The van der Waals surface area contributed by atoms with Crippen LogP contribution in [0.3, 0.4) is 0 Å². The largest absolute Gasteiger partial charge is 0.344 e. The van der Waals surface area contributed by atoms with E-state index in [9.17, 15) is 0 Å². The van der Waals surface area contributed by atoms with Crippen LogP contribution in [-0.4, -0.2) is 23.9 Å². The SMILES string of the molecule is CCCCN1/C(=C\C=C\C2=[N+](C)c3ccccc3C2(C)C)C(C)(C)c2c1ccc1ccccc21.[O-][Cl+3]([O-])([O-])[O-]. The smallest absolute Gasteiger partial charge is 0.209 e. The second-order valence-electron chi connectivity index (χ2n) is 11.2. The minimum absolute atomic E-state index is 0.00733. The van der Waals surface area contributed by atoms with E-state index in [-0.39, 0.29) is 10.8 Å². The summed E-state index contributed by atoms with van der Waals surface area (Å²) < 4.78 is 36.3. The lowest BCUT2D eigenvalue weighted by Crippen LogP contribution is -2.68. The Morgan fingerprint density at radius 1 is 0.872 bits per heavy atom. The molecule has 0 bridgehead atoms. The van der Waals surface area contributed by atoms with Gasteiger partial charge in [-0.25, -0.2) is 18.6 Å². The Hall–Kier alpha value is -3.00. The van der Waals surface area contributed by atoms with Crippen LogP contribution >= 0.6 is 0 Å². The zero-order valence-electron chi connectivity index (χ0n) is 23.5. The quantitative estimate of drug-likeness (QED) is 0.456. The molecule has 2 heterocycles. The summed E-state index contributed by atoms with van der Waals surface area (Å²) in [5.74, 6) is 0. The van der Waals surface area contributed by atoms with Gasteiger partial charge in [0.05, 0.1) is 5.41 Å². The number of unbranched alkanes of at least 4 members (excludes halogenated alkanes) is 1. The highest BCUT2D eigenvalue weighted by atomic mass is 35.7. The van der Waals surface area contributed by atoms with Gasteiger partial charge in [-0.2, -0.15) is 4.58 Å². The monoisotopic (exact) mass is 548 g/mol. The zero-order valence-corrected chi connectivity index (χ0v) is 24.3. The number of halogens is 1. The lowest BCUT2D eigenvalue weighted by atomic mass is 9.80. The van der Waals surface area contributed by atoms with E-state index in [4.69, 9.17) is 18.6 Å². The Kier molecular flexibility index (Phi) is 8.08. The number of hydrogen-bond acceptors (Lipinski definition) is 5. The third-order valence-corrected chi connectivity index (χ3v) is 7.94. The van der Waals surface area contributed by atoms with Crippen molar-refractivity contribution >= 4 is 27.9 Å². The fourth-order valence-electron chi connectivity index (χ4n) is 6.12. The topological polar surface area (TPSA) is 98.5 Å². The van der Waals surface area contributed by atoms with Crippen LogP contribution in [0.5, 0.6) is 0 Å². The standard InChI is InChI=1S/C32H37N2.ClHO4/c1-7-8-22-34-27-21-20-23-14-9-10-15-24(23)30(27)32(4,5)29(34)19-13-18-28-31(2,3)25-16-11-12-17-26(25)33(28)6;2-1(3,4)5/h9-21H,7-8,22H2,1-6H3;(H,2,3,4,5)/q+1;/p-1. The molecule has 39 heavy (non-hydrogen) atoms. The van der Waals surface area contributed by atoms with Gasteiger partial charge in [-0.05, 0) is 48.7 Å². The molecular formula is C32H37ClN2O4. The molecule has 6 nitrogen and oxygen atoms in total. The normalized spacial score (nSPS) is 18.5. The average molecular weight is 549 g/mol. The molecule has 0 aromatic heterocycles. The van der Waals surface area contributed by atoms with Gasteiger partial charge >= 0.3 is 0 Å². The molecule has 0 aliphatic carbocycles. The summed E-state index contributed by atoms with van der Waals surface area (Å²) in [5, 5.41) is 2.70. The fraction of sp³-hybridized carbons (Fsp3) is 0.344. The molecule has 2 aliphatic heterocycles. The molecule has 0 unspecified atom stereocenters. The van der Waals surface area contributed by atoms with Gasteiger partial charge in [-0.1, -0.05) is 81.8 Å². The summed E-state index contributed by atoms with van der Waals surface area (Å²) in [7, 11) is -2.75. The number of allylic oxidation sites excluding steroid dienone is 4. The third-order valence-electron chi connectivity index (χ3n) is 7.94. The number of fused-ring (bicyclic) bond motifs is 4. The van der Waals surface area contributed by atoms with Gasteiger partial charge in [-0.15, -0.1) is 10.2 Å². The van der Waals surface area contributed by atoms with Crippen LogP contribution in [0, 0.1) is 10.2 Å². The molecule has 7 heteroatoms. The predicted octanol–water partition coefficient (Wildman–Crippen LogP) is 3.13. The van der Waals surface area contributed by atoms with Crippen LogP contribution in [0.25, 0.3) is 10.8 Å². The highest BCUT2D eigenvalue weighted by Crippen LogP contribution is 2.50. The van der Waals surface area contributed by atoms with E-state index in [2.05, 4.69) is 130 Å². The molecule has 3 aromatic rings. The van der Waals surface area contributed by atoms with Crippen LogP contribution in [0.1, 0.15) is 58.6 Å². The second-order valence-corrected chi connectivity index (χ2v) is 11.9. The Bertz CT molecular complexity index is 1460. The van der Waals surface area contributed by atoms with Gasteiger partial charge in [0.15, 0.2) is 5.71 Å². The number of benzene rings is 3. The fourth-order valence-corrected chi connectivity index (χ4v) is 6.12. The molecule has 206 valence electrons. The van der Waals surface area contributed by atoms with Crippen molar-refractivity contribution in [3.8, 4) is 0 Å². The van der Waals surface area contributed by atoms with Gasteiger partial charge in [0, 0.05) is 41.1 Å². The maximum Gasteiger partial charge on any atom is 0.209 e. The maximum absolute atomic E-state index is 8.49. The molecule has 2 aliphatic rings. The minimum Gasteiger partial charge on any atom is -0.344 e. The van der Waals surface area contributed by atoms with Crippen LogP contribution < -0.4 is 23.5 Å². The Balaban J connectivity index is 0.000000648. The molecule has 3 aromatic carbocycles. The summed E-state index contributed by atoms with van der Waals surface area (Å²) in [5.41, 5.74) is 8.20. The van der Waals surface area contributed by atoms with Gasteiger partial charge in [0.2, 0.25) is 5.69 Å². The molecule has 0 spiro atoms. The maximum atomic E-state index is 8.49. The molecule has 0 radical (unpaired) electrons. The molecule has 0 atom stereocenters. The van der Waals surface area contributed by atoms with E-state index in [1.807, 2.05) is 0 Å². The highest BCUT2D eigenvalue weighted by Gasteiger charge is 2.43. The molecule has 0 saturated heterocycles. The van der Waals surface area contributed by atoms with Crippen LogP contribution in [0.4, 0.5) is 11.4 Å². The Morgan fingerprint density at radius 3 is 2.18 bits per heavy atom. The van der Waals surface area contributed by atoms with Gasteiger partial charge in [0.25, 0.3) is 0 Å². The highest BCUT2D eigenvalue weighted by molar-refractivity contribution is 6.03. The summed E-state index contributed by atoms with van der Waals surface area (Å²) in [4.78, 5) is 2.57. The van der Waals surface area contributed by atoms with Gasteiger partial charge in [0.1, 0.15) is 7.05 Å². The van der Waals surface area contributed by atoms with E-state index in [1.165, 1.54) is 57.5 Å². The molecule has 0 amide bonds. The van der Waals surface area contributed by atoms with Gasteiger partial charge < -0.3 is 4.90 Å². The van der Waals surface area contributed by atoms with Crippen molar-refractivity contribution in [2.45, 2.75) is 58.3 Å². The molecular weight excluding hydrogens is 512 g/mol. The number of rotatable bonds is 5. The third kappa shape index (κ3) is 5.67. The summed E-state index contributed by atoms with van der Waals surface area (Å²) in [6.07, 6.45) is 9.35. The Labute approximate surface area is 233 Å². The van der Waals surface area contributed by atoms with E-state index < -0.39 is 10.2 Å². The first kappa shape index (κ1) is 29.0. The number of nitrogens with zero attached hydrogens (tertiary/aromatic N) is 2. The first-order chi connectivity index (χ1) is 18.3. The molecule has 0 saturated carbocycles. The Morgan fingerprint density at radius 2 is 1.51 bits per heavy atom. The van der Waals surface area contributed by atoms with E-state index in [1.54, 1.807) is 0 Å². The lowest BCUT2D eigenvalue weighted by Gasteiger charge is -2.27. The summed E-state index contributed by atoms with van der Waals surface area (Å²) in [6, 6.07) is 22.2. The van der Waals surface area contributed by atoms with Crippen molar-refractivity contribution in [3.05, 3.63) is 95.7 Å². The number of para-hydroxylation sites is 1. The van der Waals surface area contributed by atoms with Crippen molar-refractivity contribution in [1.82, 2.24) is 0 Å². The molecule has 0 N–H and O–H groups in total. The molecule has 0 fully saturated rings. The van der Waals surface area contributed by atoms with E-state index in [0.717, 1.165) is 6.54 Å². The summed E-state index contributed by atoms with van der Waals surface area (Å²) >= 11 is 0. The first-order valence-corrected chi connectivity index (χ1v) is 14.5. The lowest BCUT2D eigenvalue weighted by molar-refractivity contribution is -2.00.